The largest absolute Gasteiger partial charge is 0.372 e. The number of piperidine rings is 1. The van der Waals surface area contributed by atoms with Gasteiger partial charge in [-0.2, -0.15) is 4.31 Å². The van der Waals surface area contributed by atoms with Crippen molar-refractivity contribution in [3.05, 3.63) is 29.8 Å². The van der Waals surface area contributed by atoms with Crippen molar-refractivity contribution in [2.75, 3.05) is 32.8 Å². The highest BCUT2D eigenvalue weighted by atomic mass is 32.2. The number of ether oxygens (including phenoxy) is 1. The lowest BCUT2D eigenvalue weighted by Gasteiger charge is -2.44. The van der Waals surface area contributed by atoms with Crippen molar-refractivity contribution in [1.29, 1.82) is 0 Å². The van der Waals surface area contributed by atoms with Crippen molar-refractivity contribution in [1.82, 2.24) is 9.62 Å². The molecule has 0 aliphatic carbocycles. The Hall–Kier alpha value is -1.39. The minimum atomic E-state index is -3.53. The van der Waals surface area contributed by atoms with E-state index in [0.29, 0.717) is 25.3 Å². The molecule has 6 heteroatoms. The molecule has 0 radical (unpaired) electrons. The number of terminal acetylenes is 1. The van der Waals surface area contributed by atoms with Gasteiger partial charge in [0.05, 0.1) is 17.1 Å². The molecule has 1 N–H and O–H groups in total. The van der Waals surface area contributed by atoms with Crippen molar-refractivity contribution in [3.63, 3.8) is 0 Å². The van der Waals surface area contributed by atoms with Crippen LogP contribution < -0.4 is 5.32 Å². The van der Waals surface area contributed by atoms with Crippen LogP contribution in [0.15, 0.2) is 29.2 Å². The summed E-state index contributed by atoms with van der Waals surface area (Å²) >= 11 is 0. The molecule has 0 saturated carbocycles. The minimum absolute atomic E-state index is 0.258. The first-order chi connectivity index (χ1) is 10.6. The molecule has 118 valence electrons. The van der Waals surface area contributed by atoms with Crippen molar-refractivity contribution in [2.24, 2.45) is 0 Å². The fourth-order valence-electron chi connectivity index (χ4n) is 3.10. The third kappa shape index (κ3) is 2.90. The summed E-state index contributed by atoms with van der Waals surface area (Å²) in [5.74, 6) is 2.48. The van der Waals surface area contributed by atoms with E-state index < -0.39 is 10.0 Å². The van der Waals surface area contributed by atoms with Crippen LogP contribution in [0.25, 0.3) is 0 Å². The number of benzene rings is 1. The predicted octanol–water partition coefficient (Wildman–Crippen LogP) is 0.811. The average molecular weight is 320 g/mol. The summed E-state index contributed by atoms with van der Waals surface area (Å²) < 4.78 is 33.2. The standard InChI is InChI=1S/C16H20N2O3S/c1-2-14-4-3-5-15(12-14)22(19,20)18-10-11-21-16(13-18)6-8-17-9-7-16/h1,3-5,12,17H,6-11,13H2. The van der Waals surface area contributed by atoms with E-state index in [1.807, 2.05) is 0 Å². The maximum absolute atomic E-state index is 12.9. The molecule has 5 nitrogen and oxygen atoms in total. The Morgan fingerprint density at radius 2 is 2.09 bits per heavy atom. The van der Waals surface area contributed by atoms with Crippen LogP contribution in [0.1, 0.15) is 18.4 Å². The third-order valence-electron chi connectivity index (χ3n) is 4.37. The second kappa shape index (κ2) is 6.01. The molecule has 1 aromatic rings. The molecular formula is C16H20N2O3S. The SMILES string of the molecule is C#Cc1cccc(S(=O)(=O)N2CCOC3(CCNCC3)C2)c1. The van der Waals surface area contributed by atoms with Crippen LogP contribution in [-0.4, -0.2) is 51.1 Å². The van der Waals surface area contributed by atoms with Gasteiger partial charge in [0.25, 0.3) is 0 Å². The Labute approximate surface area is 131 Å². The van der Waals surface area contributed by atoms with Crippen LogP contribution in [0.3, 0.4) is 0 Å². The van der Waals surface area contributed by atoms with Gasteiger partial charge in [0.15, 0.2) is 0 Å². The van der Waals surface area contributed by atoms with Crippen LogP contribution in [0.4, 0.5) is 0 Å². The van der Waals surface area contributed by atoms with Gasteiger partial charge < -0.3 is 10.1 Å². The zero-order chi connectivity index (χ0) is 15.6. The highest BCUT2D eigenvalue weighted by molar-refractivity contribution is 7.89. The summed E-state index contributed by atoms with van der Waals surface area (Å²) in [6.07, 6.45) is 7.04. The highest BCUT2D eigenvalue weighted by Gasteiger charge is 2.41. The lowest BCUT2D eigenvalue weighted by atomic mass is 9.91. The molecule has 2 aliphatic heterocycles. The molecule has 2 heterocycles. The quantitative estimate of drug-likeness (QED) is 0.820. The van der Waals surface area contributed by atoms with Gasteiger partial charge in [-0.05, 0) is 44.1 Å². The Bertz CT molecular complexity index is 682. The zero-order valence-corrected chi connectivity index (χ0v) is 13.2. The molecule has 0 unspecified atom stereocenters. The second-order valence-corrected chi connectivity index (χ2v) is 7.73. The fraction of sp³-hybridized carbons (Fsp3) is 0.500. The number of nitrogens with zero attached hydrogens (tertiary/aromatic N) is 1. The third-order valence-corrected chi connectivity index (χ3v) is 6.21. The number of nitrogens with one attached hydrogen (secondary N) is 1. The van der Waals surface area contributed by atoms with Gasteiger partial charge in [-0.25, -0.2) is 8.42 Å². The predicted molar refractivity (Wildman–Crippen MR) is 83.9 cm³/mol. The Morgan fingerprint density at radius 1 is 1.32 bits per heavy atom. The Kier molecular flexibility index (Phi) is 4.24. The Balaban J connectivity index is 1.86. The number of sulfonamides is 1. The number of rotatable bonds is 2. The van der Waals surface area contributed by atoms with E-state index in [9.17, 15) is 8.42 Å². The van der Waals surface area contributed by atoms with E-state index in [0.717, 1.165) is 25.9 Å². The molecule has 1 spiro atoms. The lowest BCUT2D eigenvalue weighted by Crippen LogP contribution is -2.57. The molecule has 0 amide bonds. The van der Waals surface area contributed by atoms with Gasteiger partial charge in [0.1, 0.15) is 0 Å². The smallest absolute Gasteiger partial charge is 0.243 e. The maximum atomic E-state index is 12.9. The van der Waals surface area contributed by atoms with Crippen LogP contribution >= 0.6 is 0 Å². The number of hydrogen-bond donors (Lipinski definition) is 1. The van der Waals surface area contributed by atoms with Gasteiger partial charge in [-0.15, -0.1) is 6.42 Å². The molecule has 2 saturated heterocycles. The molecular weight excluding hydrogens is 300 g/mol. The molecule has 22 heavy (non-hydrogen) atoms. The average Bonchev–Trinajstić information content (AvgIpc) is 2.55. The fourth-order valence-corrected chi connectivity index (χ4v) is 4.64. The number of morpholine rings is 1. The van der Waals surface area contributed by atoms with E-state index in [1.54, 1.807) is 24.3 Å². The summed E-state index contributed by atoms with van der Waals surface area (Å²) in [6.45, 7) is 2.96. The van der Waals surface area contributed by atoms with Gasteiger partial charge in [0.2, 0.25) is 10.0 Å². The molecule has 2 aliphatic rings. The molecule has 1 aromatic carbocycles. The van der Waals surface area contributed by atoms with E-state index >= 15 is 0 Å². The maximum Gasteiger partial charge on any atom is 0.243 e. The molecule has 2 fully saturated rings. The monoisotopic (exact) mass is 320 g/mol. The normalized spacial score (nSPS) is 22.3. The summed E-state index contributed by atoms with van der Waals surface area (Å²) in [7, 11) is -3.53. The summed E-state index contributed by atoms with van der Waals surface area (Å²) in [5, 5.41) is 3.29. The molecule has 0 aromatic heterocycles. The van der Waals surface area contributed by atoms with Gasteiger partial charge in [-0.1, -0.05) is 12.0 Å². The van der Waals surface area contributed by atoms with E-state index in [2.05, 4.69) is 11.2 Å². The van der Waals surface area contributed by atoms with E-state index in [1.165, 1.54) is 4.31 Å². The van der Waals surface area contributed by atoms with Crippen LogP contribution in [-0.2, 0) is 14.8 Å². The van der Waals surface area contributed by atoms with E-state index in [4.69, 9.17) is 11.2 Å². The topological polar surface area (TPSA) is 58.6 Å². The van der Waals surface area contributed by atoms with Crippen LogP contribution in [0, 0.1) is 12.3 Å². The van der Waals surface area contributed by atoms with Crippen molar-refractivity contribution in [3.8, 4) is 12.3 Å². The first-order valence-corrected chi connectivity index (χ1v) is 8.91. The summed E-state index contributed by atoms with van der Waals surface area (Å²) in [4.78, 5) is 0.258. The highest BCUT2D eigenvalue weighted by Crippen LogP contribution is 2.30. The lowest BCUT2D eigenvalue weighted by molar-refractivity contribution is -0.105. The van der Waals surface area contributed by atoms with Crippen molar-refractivity contribution in [2.45, 2.75) is 23.3 Å². The Morgan fingerprint density at radius 3 is 2.82 bits per heavy atom. The first-order valence-electron chi connectivity index (χ1n) is 7.47. The van der Waals surface area contributed by atoms with Crippen molar-refractivity contribution >= 4 is 10.0 Å². The molecule has 0 atom stereocenters. The molecule has 3 rings (SSSR count). The number of hydrogen-bond acceptors (Lipinski definition) is 4. The first kappa shape index (κ1) is 15.5. The van der Waals surface area contributed by atoms with Gasteiger partial charge in [0, 0.05) is 18.7 Å². The second-order valence-electron chi connectivity index (χ2n) is 5.79. The summed E-state index contributed by atoms with van der Waals surface area (Å²) in [6, 6.07) is 6.57. The van der Waals surface area contributed by atoms with Crippen LogP contribution in [0.5, 0.6) is 0 Å². The van der Waals surface area contributed by atoms with Crippen molar-refractivity contribution < 1.29 is 13.2 Å². The van der Waals surface area contributed by atoms with E-state index in [-0.39, 0.29) is 10.5 Å². The van der Waals surface area contributed by atoms with Crippen LogP contribution in [0.2, 0.25) is 0 Å². The zero-order valence-electron chi connectivity index (χ0n) is 12.4. The minimum Gasteiger partial charge on any atom is -0.372 e. The van der Waals surface area contributed by atoms with Gasteiger partial charge >= 0.3 is 0 Å². The van der Waals surface area contributed by atoms with Gasteiger partial charge in [-0.3, -0.25) is 0 Å². The molecule has 0 bridgehead atoms. The summed E-state index contributed by atoms with van der Waals surface area (Å²) in [5.41, 5.74) is 0.228.